The Labute approximate surface area is 285 Å². The largest absolute Gasteiger partial charge is 0.480 e. The fourth-order valence-corrected chi connectivity index (χ4v) is 6.42. The molecular weight excluding hydrogens is 639 g/mol. The molecule has 254 valence electrons. The van der Waals surface area contributed by atoms with Gasteiger partial charge in [-0.05, 0) is 100 Å². The molecular formula is C34H45N5O6S2. The van der Waals surface area contributed by atoms with E-state index >= 15 is 0 Å². The van der Waals surface area contributed by atoms with Crippen molar-refractivity contribution >= 4 is 63.4 Å². The zero-order valence-corrected chi connectivity index (χ0v) is 28.7. The Morgan fingerprint density at radius 3 is 2.28 bits per heavy atom. The van der Waals surface area contributed by atoms with Crippen LogP contribution in [0.4, 0.5) is 5.69 Å². The second-order valence-corrected chi connectivity index (χ2v) is 13.4. The topological polar surface area (TPSA) is 189 Å². The number of carboxylic acids is 2. The second kappa shape index (κ2) is 17.9. The molecule has 1 aromatic heterocycles. The Morgan fingerprint density at radius 1 is 1.09 bits per heavy atom. The van der Waals surface area contributed by atoms with Gasteiger partial charge in [0.15, 0.2) is 0 Å². The van der Waals surface area contributed by atoms with E-state index in [4.69, 9.17) is 28.8 Å². The number of unbranched alkanes of at least 4 members (excludes halogenated alkanes) is 1. The summed E-state index contributed by atoms with van der Waals surface area (Å²) in [7, 11) is 0. The minimum Gasteiger partial charge on any atom is -0.480 e. The number of hydrogen-bond acceptors (Lipinski definition) is 9. The summed E-state index contributed by atoms with van der Waals surface area (Å²) in [4.78, 5) is 54.3. The predicted octanol–water partition coefficient (Wildman–Crippen LogP) is 5.13. The number of carbonyl (C=O) groups excluding carboxylic acids is 2. The summed E-state index contributed by atoms with van der Waals surface area (Å²) in [5, 5.41) is 22.7. The Kier molecular flexibility index (Phi) is 14.4. The van der Waals surface area contributed by atoms with Crippen LogP contribution in [-0.2, 0) is 14.4 Å². The first-order valence-electron chi connectivity index (χ1n) is 15.9. The van der Waals surface area contributed by atoms with Gasteiger partial charge in [0, 0.05) is 23.0 Å². The molecule has 0 bridgehead atoms. The van der Waals surface area contributed by atoms with E-state index in [9.17, 15) is 24.3 Å². The number of nitrogens with zero attached hydrogens (tertiary/aromatic N) is 2. The van der Waals surface area contributed by atoms with E-state index in [1.807, 2.05) is 32.1 Å². The molecule has 0 saturated heterocycles. The first-order chi connectivity index (χ1) is 22.3. The highest BCUT2D eigenvalue weighted by Crippen LogP contribution is 2.34. The molecule has 1 saturated carbocycles. The molecule has 2 amide bonds. The number of hydrogen-bond donors (Lipinski definition) is 5. The number of allylic oxidation sites excluding steroid dienone is 2. The van der Waals surface area contributed by atoms with Gasteiger partial charge in [0.25, 0.3) is 5.91 Å². The lowest BCUT2D eigenvalue weighted by Gasteiger charge is -2.39. The van der Waals surface area contributed by atoms with Gasteiger partial charge >= 0.3 is 11.9 Å². The monoisotopic (exact) mass is 683 g/mol. The number of aliphatic carboxylic acids is 2. The molecule has 0 radical (unpaired) electrons. The Morgan fingerprint density at radius 2 is 1.74 bits per heavy atom. The molecule has 1 unspecified atom stereocenters. The van der Waals surface area contributed by atoms with Gasteiger partial charge < -0.3 is 31.9 Å². The van der Waals surface area contributed by atoms with Gasteiger partial charge in [0.2, 0.25) is 5.91 Å². The summed E-state index contributed by atoms with van der Waals surface area (Å²) in [5.41, 5.74) is 14.4. The van der Waals surface area contributed by atoms with E-state index in [2.05, 4.69) is 17.2 Å². The number of aromatic nitrogens is 1. The average Bonchev–Trinajstić information content (AvgIpc) is 3.58. The molecule has 7 N–H and O–H groups in total. The zero-order chi connectivity index (χ0) is 34.7. The predicted molar refractivity (Wildman–Crippen MR) is 188 cm³/mol. The molecule has 2 aromatic rings. The molecule has 1 aromatic carbocycles. The van der Waals surface area contributed by atoms with Crippen molar-refractivity contribution in [3.05, 3.63) is 64.1 Å². The fraction of sp³-hybridized carbons (Fsp3) is 0.471. The van der Waals surface area contributed by atoms with Gasteiger partial charge in [0.1, 0.15) is 11.7 Å². The lowest BCUT2D eigenvalue weighted by atomic mass is 9.81. The van der Waals surface area contributed by atoms with Crippen LogP contribution in [0.2, 0.25) is 0 Å². The Bertz CT molecular complexity index is 1460. The van der Waals surface area contributed by atoms with E-state index in [-0.39, 0.29) is 34.2 Å². The van der Waals surface area contributed by atoms with Crippen LogP contribution in [-0.4, -0.2) is 73.4 Å². The van der Waals surface area contributed by atoms with Crippen LogP contribution < -0.4 is 16.8 Å². The normalized spacial score (nSPS) is 19.9. The van der Waals surface area contributed by atoms with Gasteiger partial charge in [-0.1, -0.05) is 37.7 Å². The van der Waals surface area contributed by atoms with Crippen LogP contribution in [0.15, 0.2) is 52.9 Å². The number of thiocarbonyl (C=S) groups is 1. The van der Waals surface area contributed by atoms with Gasteiger partial charge in [-0.15, -0.1) is 11.3 Å². The number of thiazole rings is 1. The third-order valence-electron chi connectivity index (χ3n) is 8.30. The molecule has 11 nitrogen and oxygen atoms in total. The molecule has 13 heteroatoms. The van der Waals surface area contributed by atoms with Crippen LogP contribution in [0.25, 0.3) is 5.57 Å². The third-order valence-corrected chi connectivity index (χ3v) is 9.35. The van der Waals surface area contributed by atoms with Gasteiger partial charge in [-0.3, -0.25) is 14.4 Å². The number of anilines is 1. The highest BCUT2D eigenvalue weighted by molar-refractivity contribution is 7.81. The van der Waals surface area contributed by atoms with E-state index in [0.717, 1.165) is 44.1 Å². The first kappa shape index (κ1) is 37.7. The molecule has 47 heavy (non-hydrogen) atoms. The molecule has 1 fully saturated rings. The number of benzene rings is 1. The molecule has 0 spiro atoms. The molecule has 4 rings (SSSR count). The van der Waals surface area contributed by atoms with Gasteiger partial charge in [-0.25, -0.2) is 9.78 Å². The molecule has 1 heterocycles. The Hall–Kier alpha value is -3.78. The maximum Gasteiger partial charge on any atom is 0.336 e. The molecule has 0 aliphatic heterocycles. The number of nitrogens with one attached hydrogen (secondary N) is 1. The molecule has 2 aliphatic rings. The number of carbonyl (C=O) groups is 4. The van der Waals surface area contributed by atoms with E-state index in [1.165, 1.54) is 11.3 Å². The minimum atomic E-state index is -1.12. The van der Waals surface area contributed by atoms with Crippen molar-refractivity contribution in [1.82, 2.24) is 9.88 Å². The van der Waals surface area contributed by atoms with Crippen LogP contribution >= 0.6 is 23.6 Å². The average molecular weight is 684 g/mol. The molecule has 2 atom stereocenters. The fourth-order valence-electron chi connectivity index (χ4n) is 5.56. The number of rotatable bonds is 12. The maximum absolute atomic E-state index is 13.7. The smallest absolute Gasteiger partial charge is 0.336 e. The van der Waals surface area contributed by atoms with Crippen LogP contribution in [0.1, 0.15) is 81.8 Å². The minimum absolute atomic E-state index is 0.0223. The highest BCUT2D eigenvalue weighted by atomic mass is 32.1. The SMILES string of the molecule is CC(C)N(C(=O)[C@H]1CC[C@H](C)CC1)C1C=C(c2ccc(NC(=O)c3cscn3)cc2)C=C(C(=O)O)C1=S.NCCCC[C@H](N)C(=O)O. The summed E-state index contributed by atoms with van der Waals surface area (Å²) in [6.45, 7) is 6.70. The van der Waals surface area contributed by atoms with Crippen molar-refractivity contribution in [2.45, 2.75) is 83.8 Å². The van der Waals surface area contributed by atoms with Crippen LogP contribution in [0.3, 0.4) is 0 Å². The molecule has 2 aliphatic carbocycles. The summed E-state index contributed by atoms with van der Waals surface area (Å²) >= 11 is 6.98. The van der Waals surface area contributed by atoms with Crippen LogP contribution in [0, 0.1) is 11.8 Å². The zero-order valence-electron chi connectivity index (χ0n) is 27.1. The maximum atomic E-state index is 13.7. The summed E-state index contributed by atoms with van der Waals surface area (Å²) < 4.78 is 0. The van der Waals surface area contributed by atoms with Gasteiger partial charge in [-0.2, -0.15) is 0 Å². The highest BCUT2D eigenvalue weighted by Gasteiger charge is 2.37. The standard InChI is InChI=1S/C28H31N3O4S2.C6H14N2O2/c1-16(2)31(27(33)19-6-4-17(3)5-7-19)24-13-20(12-22(25(24)36)28(34)35)18-8-10-21(11-9-18)30-26(32)23-14-37-15-29-23;7-4-2-1-3-5(8)6(9)10/h8-17,19,24H,4-7H2,1-3H3,(H,30,32)(H,34,35);5H,1-4,7-8H2,(H,9,10)/t17-,19-,24?;5-/m.0/s1. The van der Waals surface area contributed by atoms with Crippen molar-refractivity contribution in [2.24, 2.45) is 23.3 Å². The summed E-state index contributed by atoms with van der Waals surface area (Å²) in [6.07, 6.45) is 9.34. The van der Waals surface area contributed by atoms with Crippen molar-refractivity contribution in [3.63, 3.8) is 0 Å². The summed E-state index contributed by atoms with van der Waals surface area (Å²) in [5.74, 6) is -1.76. The second-order valence-electron chi connectivity index (χ2n) is 12.2. The quantitative estimate of drug-likeness (QED) is 0.148. The summed E-state index contributed by atoms with van der Waals surface area (Å²) in [6, 6.07) is 5.64. The third kappa shape index (κ3) is 10.6. The van der Waals surface area contributed by atoms with E-state index in [1.54, 1.807) is 34.0 Å². The number of amides is 2. The van der Waals surface area contributed by atoms with Crippen molar-refractivity contribution in [1.29, 1.82) is 0 Å². The Balaban J connectivity index is 0.000000520. The number of carboxylic acid groups (broad SMARTS) is 2. The van der Waals surface area contributed by atoms with E-state index < -0.39 is 24.0 Å². The van der Waals surface area contributed by atoms with Crippen molar-refractivity contribution in [3.8, 4) is 0 Å². The first-order valence-corrected chi connectivity index (χ1v) is 17.2. The lowest BCUT2D eigenvalue weighted by molar-refractivity contribution is -0.139. The van der Waals surface area contributed by atoms with E-state index in [0.29, 0.717) is 35.8 Å². The lowest BCUT2D eigenvalue weighted by Crippen LogP contribution is -2.51. The van der Waals surface area contributed by atoms with Crippen molar-refractivity contribution < 1.29 is 29.4 Å². The van der Waals surface area contributed by atoms with Gasteiger partial charge in [0.05, 0.1) is 22.0 Å². The number of nitrogens with two attached hydrogens (primary N) is 2. The van der Waals surface area contributed by atoms with Crippen molar-refractivity contribution in [2.75, 3.05) is 11.9 Å². The van der Waals surface area contributed by atoms with Crippen LogP contribution in [0.5, 0.6) is 0 Å².